The van der Waals surface area contributed by atoms with Gasteiger partial charge in [0.2, 0.25) is 0 Å². The summed E-state index contributed by atoms with van der Waals surface area (Å²) >= 11 is 0. The molecule has 0 heterocycles. The number of aryl methyl sites for hydroxylation is 1. The topological polar surface area (TPSA) is 69.4 Å². The fourth-order valence-electron chi connectivity index (χ4n) is 1.73. The molecule has 0 N–H and O–H groups in total. The molecule has 1 unspecified atom stereocenters. The highest BCUT2D eigenvalue weighted by Gasteiger charge is 2.21. The van der Waals surface area contributed by atoms with Crippen molar-refractivity contribution in [2.45, 2.75) is 46.6 Å². The zero-order valence-corrected chi connectivity index (χ0v) is 11.7. The Morgan fingerprint density at radius 3 is 2.47 bits per heavy atom. The summed E-state index contributed by atoms with van der Waals surface area (Å²) in [7, 11) is 0. The van der Waals surface area contributed by atoms with E-state index in [1.54, 1.807) is 0 Å². The Morgan fingerprint density at radius 2 is 2.05 bits per heavy atom. The van der Waals surface area contributed by atoms with Crippen LogP contribution in [0.2, 0.25) is 0 Å². The first-order chi connectivity index (χ1) is 8.90. The first-order valence-corrected chi connectivity index (χ1v) is 6.39. The molecule has 0 saturated heterocycles. The first-order valence-electron chi connectivity index (χ1n) is 6.39. The highest BCUT2D eigenvalue weighted by Crippen LogP contribution is 2.30. The van der Waals surface area contributed by atoms with Gasteiger partial charge in [0.1, 0.15) is 5.75 Å². The van der Waals surface area contributed by atoms with Gasteiger partial charge < -0.3 is 4.74 Å². The fourth-order valence-corrected chi connectivity index (χ4v) is 1.73. The summed E-state index contributed by atoms with van der Waals surface area (Å²) in [6.45, 7) is 7.14. The molecule has 1 aromatic rings. The maximum absolute atomic E-state index is 11.5. The van der Waals surface area contributed by atoms with E-state index in [-0.39, 0.29) is 23.1 Å². The normalized spacial score (nSPS) is 12.0. The molecule has 0 aliphatic carbocycles. The van der Waals surface area contributed by atoms with Gasteiger partial charge in [0.05, 0.1) is 16.6 Å². The number of hydrogen-bond acceptors (Lipinski definition) is 4. The summed E-state index contributed by atoms with van der Waals surface area (Å²) in [5.74, 6) is 0.232. The monoisotopic (exact) mass is 265 g/mol. The molecule has 5 heteroatoms. The van der Waals surface area contributed by atoms with Gasteiger partial charge in [0, 0.05) is 11.6 Å². The molecule has 19 heavy (non-hydrogen) atoms. The Morgan fingerprint density at radius 1 is 1.42 bits per heavy atom. The average molecular weight is 265 g/mol. The van der Waals surface area contributed by atoms with E-state index < -0.39 is 4.92 Å². The third-order valence-corrected chi connectivity index (χ3v) is 3.04. The molecule has 0 aliphatic heterocycles. The van der Waals surface area contributed by atoms with E-state index in [4.69, 9.17) is 4.74 Å². The molecule has 0 aliphatic rings. The molecule has 1 rings (SSSR count). The van der Waals surface area contributed by atoms with Crippen LogP contribution in [0.3, 0.4) is 0 Å². The van der Waals surface area contributed by atoms with Gasteiger partial charge in [-0.05, 0) is 32.8 Å². The predicted molar refractivity (Wildman–Crippen MR) is 72.9 cm³/mol. The van der Waals surface area contributed by atoms with Crippen molar-refractivity contribution >= 4 is 11.5 Å². The first kappa shape index (κ1) is 15.1. The van der Waals surface area contributed by atoms with Crippen LogP contribution in [0.4, 0.5) is 5.69 Å². The van der Waals surface area contributed by atoms with Crippen molar-refractivity contribution in [3.63, 3.8) is 0 Å². The van der Waals surface area contributed by atoms with E-state index in [1.807, 2.05) is 20.8 Å². The van der Waals surface area contributed by atoms with Gasteiger partial charge in [-0.15, -0.1) is 0 Å². The second kappa shape index (κ2) is 6.31. The van der Waals surface area contributed by atoms with Gasteiger partial charge in [0.15, 0.2) is 5.78 Å². The zero-order valence-electron chi connectivity index (χ0n) is 11.7. The summed E-state index contributed by atoms with van der Waals surface area (Å²) in [6, 6.07) is 2.93. The minimum atomic E-state index is -0.525. The number of nitro benzene ring substituents is 1. The number of ketones is 1. The van der Waals surface area contributed by atoms with Crippen molar-refractivity contribution in [1.29, 1.82) is 0 Å². The minimum Gasteiger partial charge on any atom is -0.490 e. The number of carbonyl (C=O) groups excluding carboxylic acids is 1. The van der Waals surface area contributed by atoms with E-state index in [9.17, 15) is 14.9 Å². The molecule has 0 bridgehead atoms. The Balaban J connectivity index is 3.35. The predicted octanol–water partition coefficient (Wildman–Crippen LogP) is 3.54. The summed E-state index contributed by atoms with van der Waals surface area (Å²) in [5, 5.41) is 11.0. The Hall–Kier alpha value is -1.91. The lowest BCUT2D eigenvalue weighted by Gasteiger charge is -2.16. The third kappa shape index (κ3) is 3.53. The molecular weight excluding hydrogens is 246 g/mol. The molecule has 1 aromatic carbocycles. The van der Waals surface area contributed by atoms with Crippen molar-refractivity contribution in [3.05, 3.63) is 33.4 Å². The van der Waals surface area contributed by atoms with Gasteiger partial charge >= 0.3 is 0 Å². The lowest BCUT2D eigenvalue weighted by Crippen LogP contribution is -2.12. The lowest BCUT2D eigenvalue weighted by molar-refractivity contribution is -0.385. The van der Waals surface area contributed by atoms with E-state index in [1.165, 1.54) is 19.1 Å². The zero-order chi connectivity index (χ0) is 14.6. The fraction of sp³-hybridized carbons (Fsp3) is 0.500. The van der Waals surface area contributed by atoms with E-state index in [0.29, 0.717) is 12.2 Å². The molecule has 0 spiro atoms. The van der Waals surface area contributed by atoms with Crippen molar-refractivity contribution in [3.8, 4) is 5.75 Å². The van der Waals surface area contributed by atoms with Crippen molar-refractivity contribution in [2.24, 2.45) is 0 Å². The van der Waals surface area contributed by atoms with Crippen molar-refractivity contribution in [1.82, 2.24) is 0 Å². The molecule has 0 amide bonds. The van der Waals surface area contributed by atoms with Crippen LogP contribution in [0.5, 0.6) is 5.75 Å². The van der Waals surface area contributed by atoms with Gasteiger partial charge in [-0.1, -0.05) is 13.8 Å². The quantitative estimate of drug-likeness (QED) is 0.448. The average Bonchev–Trinajstić information content (AvgIpc) is 2.37. The van der Waals surface area contributed by atoms with Crippen LogP contribution >= 0.6 is 0 Å². The number of ether oxygens (including phenoxy) is 1. The molecular formula is C14H19NO4. The summed E-state index contributed by atoms with van der Waals surface area (Å²) in [6.07, 6.45) is 1.45. The Kier molecular flexibility index (Phi) is 5.03. The van der Waals surface area contributed by atoms with Gasteiger partial charge in [0.25, 0.3) is 5.69 Å². The van der Waals surface area contributed by atoms with Crippen LogP contribution in [0.1, 0.15) is 50.0 Å². The molecule has 1 atom stereocenters. The Labute approximate surface area is 112 Å². The highest BCUT2D eigenvalue weighted by atomic mass is 16.6. The van der Waals surface area contributed by atoms with Crippen LogP contribution in [-0.4, -0.2) is 16.8 Å². The molecule has 0 radical (unpaired) electrons. The van der Waals surface area contributed by atoms with Crippen LogP contribution in [0, 0.1) is 10.1 Å². The highest BCUT2D eigenvalue weighted by molar-refractivity contribution is 5.98. The SMILES string of the molecule is CCc1cc([N+](=O)[O-])c(C(C)=O)cc1OC(C)CC. The Bertz CT molecular complexity index is 496. The second-order valence-electron chi connectivity index (χ2n) is 4.48. The molecule has 0 fully saturated rings. The molecule has 0 aromatic heterocycles. The smallest absolute Gasteiger partial charge is 0.280 e. The molecule has 104 valence electrons. The number of nitro groups is 1. The third-order valence-electron chi connectivity index (χ3n) is 3.04. The van der Waals surface area contributed by atoms with E-state index in [2.05, 4.69) is 0 Å². The van der Waals surface area contributed by atoms with Crippen LogP contribution in [-0.2, 0) is 6.42 Å². The number of rotatable bonds is 6. The summed E-state index contributed by atoms with van der Waals surface area (Å²) < 4.78 is 5.74. The van der Waals surface area contributed by atoms with Crippen LogP contribution in [0.15, 0.2) is 12.1 Å². The number of hydrogen-bond donors (Lipinski definition) is 0. The molecule has 0 saturated carbocycles. The maximum Gasteiger partial charge on any atom is 0.280 e. The van der Waals surface area contributed by atoms with Crippen LogP contribution < -0.4 is 4.74 Å². The van der Waals surface area contributed by atoms with E-state index in [0.717, 1.165) is 12.0 Å². The van der Waals surface area contributed by atoms with E-state index >= 15 is 0 Å². The van der Waals surface area contributed by atoms with Gasteiger partial charge in [-0.2, -0.15) is 0 Å². The van der Waals surface area contributed by atoms with Gasteiger partial charge in [-0.3, -0.25) is 14.9 Å². The van der Waals surface area contributed by atoms with Crippen molar-refractivity contribution < 1.29 is 14.5 Å². The summed E-state index contributed by atoms with van der Waals surface area (Å²) in [5.41, 5.74) is 0.693. The van der Waals surface area contributed by atoms with Gasteiger partial charge in [-0.25, -0.2) is 0 Å². The number of nitrogens with zero attached hydrogens (tertiary/aromatic N) is 1. The lowest BCUT2D eigenvalue weighted by atomic mass is 10.0. The maximum atomic E-state index is 11.5. The number of Topliss-reactive ketones (excluding diaryl/α,β-unsaturated/α-hetero) is 1. The summed E-state index contributed by atoms with van der Waals surface area (Å²) in [4.78, 5) is 22.0. The van der Waals surface area contributed by atoms with Crippen molar-refractivity contribution in [2.75, 3.05) is 0 Å². The van der Waals surface area contributed by atoms with Crippen LogP contribution in [0.25, 0.3) is 0 Å². The minimum absolute atomic E-state index is 0.00608. The largest absolute Gasteiger partial charge is 0.490 e. The standard InChI is InChI=1S/C14H19NO4/c1-5-9(3)19-14-8-12(10(4)16)13(15(17)18)7-11(14)6-2/h7-9H,5-6H2,1-4H3. The second-order valence-corrected chi connectivity index (χ2v) is 4.48. The molecule has 5 nitrogen and oxygen atoms in total. The number of benzene rings is 1. The number of carbonyl (C=O) groups is 1.